The molecule has 0 amide bonds. The third-order valence-electron chi connectivity index (χ3n) is 3.00. The van der Waals surface area contributed by atoms with Crippen LogP contribution >= 0.6 is 0 Å². The molecule has 0 aromatic rings. The molecule has 2 heteroatoms. The van der Waals surface area contributed by atoms with Gasteiger partial charge in [-0.2, -0.15) is 0 Å². The second kappa shape index (κ2) is 4.24. The molecule has 2 nitrogen and oxygen atoms in total. The fourth-order valence-electron chi connectivity index (χ4n) is 1.86. The fraction of sp³-hybridized carbons (Fsp3) is 1.00. The number of nitrogens with one attached hydrogen (secondary N) is 1. The molecule has 1 unspecified atom stereocenters. The van der Waals surface area contributed by atoms with Gasteiger partial charge in [0, 0.05) is 5.54 Å². The highest BCUT2D eigenvalue weighted by Gasteiger charge is 2.42. The van der Waals surface area contributed by atoms with Crippen molar-refractivity contribution in [2.45, 2.75) is 45.1 Å². The molecule has 0 bridgehead atoms. The van der Waals surface area contributed by atoms with E-state index in [1.165, 1.54) is 12.8 Å². The van der Waals surface area contributed by atoms with Crippen LogP contribution in [0.3, 0.4) is 0 Å². The second-order valence-electron chi connectivity index (χ2n) is 3.87. The highest BCUT2D eigenvalue weighted by molar-refractivity contribution is 4.99. The lowest BCUT2D eigenvalue weighted by Crippen LogP contribution is -2.50. The Bertz CT molecular complexity index is 128. The second-order valence-corrected chi connectivity index (χ2v) is 3.87. The monoisotopic (exact) mass is 171 g/mol. The number of hydrogen-bond donors (Lipinski definition) is 2. The predicted molar refractivity (Wildman–Crippen MR) is 51.1 cm³/mol. The van der Waals surface area contributed by atoms with E-state index in [0.717, 1.165) is 25.3 Å². The van der Waals surface area contributed by atoms with Gasteiger partial charge in [-0.25, -0.2) is 0 Å². The maximum Gasteiger partial charge on any atom is 0.0615 e. The van der Waals surface area contributed by atoms with Crippen molar-refractivity contribution in [2.75, 3.05) is 13.2 Å². The lowest BCUT2D eigenvalue weighted by molar-refractivity contribution is 0.135. The maximum absolute atomic E-state index is 9.35. The zero-order valence-electron chi connectivity index (χ0n) is 8.27. The Morgan fingerprint density at radius 2 is 2.08 bits per heavy atom. The van der Waals surface area contributed by atoms with Gasteiger partial charge >= 0.3 is 0 Å². The SMILES string of the molecule is CCCNC(CC)(CO)C1CC1. The molecule has 1 atom stereocenters. The van der Waals surface area contributed by atoms with Crippen LogP contribution in [0.25, 0.3) is 0 Å². The molecule has 0 aromatic heterocycles. The van der Waals surface area contributed by atoms with Crippen molar-refractivity contribution in [3.63, 3.8) is 0 Å². The van der Waals surface area contributed by atoms with Gasteiger partial charge in [-0.3, -0.25) is 0 Å². The van der Waals surface area contributed by atoms with Crippen LogP contribution in [-0.2, 0) is 0 Å². The average Bonchev–Trinajstić information content (AvgIpc) is 2.91. The maximum atomic E-state index is 9.35. The minimum atomic E-state index is 0.0516. The molecule has 12 heavy (non-hydrogen) atoms. The third kappa shape index (κ3) is 1.99. The van der Waals surface area contributed by atoms with Crippen LogP contribution in [0, 0.1) is 5.92 Å². The van der Waals surface area contributed by atoms with Gasteiger partial charge in [-0.1, -0.05) is 13.8 Å². The lowest BCUT2D eigenvalue weighted by Gasteiger charge is -2.32. The largest absolute Gasteiger partial charge is 0.394 e. The van der Waals surface area contributed by atoms with E-state index in [9.17, 15) is 5.11 Å². The molecule has 72 valence electrons. The summed E-state index contributed by atoms with van der Waals surface area (Å²) in [5, 5.41) is 12.8. The number of aliphatic hydroxyl groups is 1. The van der Waals surface area contributed by atoms with Crippen LogP contribution in [0.1, 0.15) is 39.5 Å². The van der Waals surface area contributed by atoms with Gasteiger partial charge in [0.25, 0.3) is 0 Å². The van der Waals surface area contributed by atoms with Gasteiger partial charge in [0.15, 0.2) is 0 Å². The Morgan fingerprint density at radius 1 is 1.42 bits per heavy atom. The molecule has 0 heterocycles. The van der Waals surface area contributed by atoms with E-state index in [1.807, 2.05) is 0 Å². The van der Waals surface area contributed by atoms with Gasteiger partial charge in [0.05, 0.1) is 6.61 Å². The van der Waals surface area contributed by atoms with Crippen LogP contribution in [0.2, 0.25) is 0 Å². The van der Waals surface area contributed by atoms with E-state index in [4.69, 9.17) is 0 Å². The smallest absolute Gasteiger partial charge is 0.0615 e. The third-order valence-corrected chi connectivity index (χ3v) is 3.00. The van der Waals surface area contributed by atoms with Crippen LogP contribution in [-0.4, -0.2) is 23.8 Å². The summed E-state index contributed by atoms with van der Waals surface area (Å²) in [5.41, 5.74) is 0.0516. The van der Waals surface area contributed by atoms with E-state index in [-0.39, 0.29) is 5.54 Å². The molecule has 0 radical (unpaired) electrons. The number of aliphatic hydroxyl groups excluding tert-OH is 1. The van der Waals surface area contributed by atoms with Gasteiger partial charge in [0.2, 0.25) is 0 Å². The highest BCUT2D eigenvalue weighted by Crippen LogP contribution is 2.41. The van der Waals surface area contributed by atoms with Gasteiger partial charge in [-0.05, 0) is 38.1 Å². The van der Waals surface area contributed by atoms with Gasteiger partial charge < -0.3 is 10.4 Å². The number of rotatable bonds is 6. The van der Waals surface area contributed by atoms with E-state index in [0.29, 0.717) is 6.61 Å². The summed E-state index contributed by atoms with van der Waals surface area (Å²) in [6.07, 6.45) is 4.79. The topological polar surface area (TPSA) is 32.3 Å². The summed E-state index contributed by atoms with van der Waals surface area (Å²) < 4.78 is 0. The zero-order chi connectivity index (χ0) is 9.03. The van der Waals surface area contributed by atoms with Gasteiger partial charge in [0.1, 0.15) is 0 Å². The normalized spacial score (nSPS) is 22.2. The molecule has 1 saturated carbocycles. The first-order valence-electron chi connectivity index (χ1n) is 5.15. The van der Waals surface area contributed by atoms with E-state index in [2.05, 4.69) is 19.2 Å². The quantitative estimate of drug-likeness (QED) is 0.635. The number of hydrogen-bond acceptors (Lipinski definition) is 2. The molecular formula is C10H21NO. The first-order chi connectivity index (χ1) is 5.79. The fourth-order valence-corrected chi connectivity index (χ4v) is 1.86. The molecule has 0 aliphatic heterocycles. The summed E-state index contributed by atoms with van der Waals surface area (Å²) in [7, 11) is 0. The van der Waals surface area contributed by atoms with Crippen LogP contribution in [0.4, 0.5) is 0 Å². The Morgan fingerprint density at radius 3 is 2.42 bits per heavy atom. The Kier molecular flexibility index (Phi) is 3.53. The molecule has 2 N–H and O–H groups in total. The Hall–Kier alpha value is -0.0800. The molecule has 0 spiro atoms. The molecule has 1 aliphatic rings. The summed E-state index contributed by atoms with van der Waals surface area (Å²) in [6, 6.07) is 0. The van der Waals surface area contributed by atoms with Gasteiger partial charge in [-0.15, -0.1) is 0 Å². The summed E-state index contributed by atoms with van der Waals surface area (Å²) in [4.78, 5) is 0. The van der Waals surface area contributed by atoms with Crippen molar-refractivity contribution in [3.8, 4) is 0 Å². The molecular weight excluding hydrogens is 150 g/mol. The molecule has 1 rings (SSSR count). The minimum absolute atomic E-state index is 0.0516. The van der Waals surface area contributed by atoms with Crippen molar-refractivity contribution in [1.29, 1.82) is 0 Å². The lowest BCUT2D eigenvalue weighted by atomic mass is 9.91. The van der Waals surface area contributed by atoms with Crippen molar-refractivity contribution in [3.05, 3.63) is 0 Å². The molecule has 0 aromatic carbocycles. The van der Waals surface area contributed by atoms with E-state index in [1.54, 1.807) is 0 Å². The summed E-state index contributed by atoms with van der Waals surface area (Å²) in [6.45, 7) is 5.66. The Labute approximate surface area is 75.4 Å². The first kappa shape index (κ1) is 10.0. The summed E-state index contributed by atoms with van der Waals surface area (Å²) >= 11 is 0. The van der Waals surface area contributed by atoms with Crippen molar-refractivity contribution in [2.24, 2.45) is 5.92 Å². The van der Waals surface area contributed by atoms with E-state index >= 15 is 0 Å². The van der Waals surface area contributed by atoms with Crippen molar-refractivity contribution >= 4 is 0 Å². The average molecular weight is 171 g/mol. The molecule has 1 aliphatic carbocycles. The first-order valence-corrected chi connectivity index (χ1v) is 5.15. The van der Waals surface area contributed by atoms with E-state index < -0.39 is 0 Å². The molecule has 1 fully saturated rings. The standard InChI is InChI=1S/C10H21NO/c1-3-7-11-10(4-2,8-12)9-5-6-9/h9,11-12H,3-8H2,1-2H3. The van der Waals surface area contributed by atoms with Crippen molar-refractivity contribution < 1.29 is 5.11 Å². The van der Waals surface area contributed by atoms with Crippen LogP contribution < -0.4 is 5.32 Å². The van der Waals surface area contributed by atoms with Crippen LogP contribution in [0.15, 0.2) is 0 Å². The van der Waals surface area contributed by atoms with Crippen molar-refractivity contribution in [1.82, 2.24) is 5.32 Å². The zero-order valence-corrected chi connectivity index (χ0v) is 8.27. The summed E-state index contributed by atoms with van der Waals surface area (Å²) in [5.74, 6) is 0.735. The minimum Gasteiger partial charge on any atom is -0.394 e. The van der Waals surface area contributed by atoms with Crippen LogP contribution in [0.5, 0.6) is 0 Å². The molecule has 0 saturated heterocycles. The predicted octanol–water partition coefficient (Wildman–Crippen LogP) is 1.54. The Balaban J connectivity index is 2.43. The highest BCUT2D eigenvalue weighted by atomic mass is 16.3.